The molecule has 2 atom stereocenters. The van der Waals surface area contributed by atoms with E-state index in [1.807, 2.05) is 37.3 Å². The van der Waals surface area contributed by atoms with Crippen molar-refractivity contribution in [3.05, 3.63) is 53.1 Å². The lowest BCUT2D eigenvalue weighted by Crippen LogP contribution is -2.48. The van der Waals surface area contributed by atoms with E-state index in [9.17, 15) is 9.59 Å². The molecule has 0 aromatic heterocycles. The maximum Gasteiger partial charge on any atom is 0.254 e. The van der Waals surface area contributed by atoms with Gasteiger partial charge < -0.3 is 29.2 Å². The summed E-state index contributed by atoms with van der Waals surface area (Å²) >= 11 is 0. The normalized spacial score (nSPS) is 17.4. The van der Waals surface area contributed by atoms with Crippen molar-refractivity contribution < 1.29 is 28.5 Å². The van der Waals surface area contributed by atoms with Crippen LogP contribution in [0.4, 0.5) is 0 Å². The predicted octanol–water partition coefficient (Wildman–Crippen LogP) is 3.17. The van der Waals surface area contributed by atoms with Crippen LogP contribution >= 0.6 is 0 Å². The number of nitrogens with one attached hydrogen (secondary N) is 1. The summed E-state index contributed by atoms with van der Waals surface area (Å²) in [5.41, 5.74) is 1.97. The van der Waals surface area contributed by atoms with E-state index in [0.29, 0.717) is 48.1 Å². The van der Waals surface area contributed by atoms with Crippen molar-refractivity contribution in [3.8, 4) is 17.2 Å². The van der Waals surface area contributed by atoms with E-state index in [0.717, 1.165) is 12.0 Å². The first-order chi connectivity index (χ1) is 16.0. The zero-order valence-corrected chi connectivity index (χ0v) is 19.8. The highest BCUT2D eigenvalue weighted by atomic mass is 16.5. The summed E-state index contributed by atoms with van der Waals surface area (Å²) < 4.78 is 21.7. The number of nitrogens with zero attached hydrogens (tertiary/aromatic N) is 1. The molecule has 0 saturated carbocycles. The Hall–Kier alpha value is -3.26. The van der Waals surface area contributed by atoms with Crippen LogP contribution in [0.15, 0.2) is 36.4 Å². The molecule has 0 radical (unpaired) electrons. The number of amides is 2. The van der Waals surface area contributed by atoms with E-state index in [1.165, 1.54) is 7.11 Å². The van der Waals surface area contributed by atoms with Gasteiger partial charge in [-0.25, -0.2) is 0 Å². The molecule has 1 heterocycles. The fourth-order valence-corrected chi connectivity index (χ4v) is 4.39. The van der Waals surface area contributed by atoms with Crippen LogP contribution in [-0.4, -0.2) is 64.8 Å². The zero-order valence-electron chi connectivity index (χ0n) is 19.8. The Morgan fingerprint density at radius 3 is 2.27 bits per heavy atom. The lowest BCUT2D eigenvalue weighted by molar-refractivity contribution is -0.124. The Labute approximate surface area is 194 Å². The number of benzene rings is 2. The van der Waals surface area contributed by atoms with Crippen LogP contribution in [0.25, 0.3) is 0 Å². The number of hydrogen-bond donors (Lipinski definition) is 1. The van der Waals surface area contributed by atoms with E-state index in [1.54, 1.807) is 32.3 Å². The Morgan fingerprint density at radius 1 is 1.03 bits per heavy atom. The molecule has 0 aliphatic carbocycles. The Balaban J connectivity index is 2.21. The summed E-state index contributed by atoms with van der Waals surface area (Å²) in [6.45, 7) is 3.27. The van der Waals surface area contributed by atoms with Crippen LogP contribution in [0.2, 0.25) is 0 Å². The van der Waals surface area contributed by atoms with Gasteiger partial charge in [-0.15, -0.1) is 0 Å². The van der Waals surface area contributed by atoms with Crippen LogP contribution in [0.3, 0.4) is 0 Å². The fourth-order valence-electron chi connectivity index (χ4n) is 4.39. The maximum atomic E-state index is 13.5. The molecule has 0 unspecified atom stereocenters. The summed E-state index contributed by atoms with van der Waals surface area (Å²) in [7, 11) is 6.21. The Kier molecular flexibility index (Phi) is 8.16. The van der Waals surface area contributed by atoms with E-state index in [2.05, 4.69) is 5.32 Å². The predicted molar refractivity (Wildman–Crippen MR) is 124 cm³/mol. The average Bonchev–Trinajstić information content (AvgIpc) is 2.84. The molecule has 1 N–H and O–H groups in total. The van der Waals surface area contributed by atoms with Gasteiger partial charge in [-0.3, -0.25) is 9.59 Å². The monoisotopic (exact) mass is 456 g/mol. The zero-order chi connectivity index (χ0) is 24.0. The summed E-state index contributed by atoms with van der Waals surface area (Å²) in [6.07, 6.45) is 0.743. The minimum absolute atomic E-state index is 0.104. The molecular formula is C25H32N2O6. The summed E-state index contributed by atoms with van der Waals surface area (Å²) in [4.78, 5) is 28.8. The quantitative estimate of drug-likeness (QED) is 0.553. The summed E-state index contributed by atoms with van der Waals surface area (Å²) in [6, 6.07) is 10.4. The molecule has 1 aliphatic rings. The van der Waals surface area contributed by atoms with Crippen molar-refractivity contribution >= 4 is 11.8 Å². The molecule has 0 spiro atoms. The molecule has 33 heavy (non-hydrogen) atoms. The molecule has 1 aliphatic heterocycles. The minimum Gasteiger partial charge on any atom is -0.493 e. The third-order valence-corrected chi connectivity index (χ3v) is 5.82. The lowest BCUT2D eigenvalue weighted by Gasteiger charge is -2.42. The number of carbonyl (C=O) groups excluding carboxylic acids is 2. The molecule has 2 aromatic carbocycles. The standard InChI is InChI=1S/C25H32N2O6/c1-6-12-27-22(16-14-19(31-3)23(33-5)20(15-16)32-4)21(24(28)26-11-13-30-2)17-9-7-8-10-18(17)25(27)29/h7-10,14-15,21-22H,6,11-13H2,1-5H3,(H,26,28)/t21-,22+/m0/s1. The van der Waals surface area contributed by atoms with Crippen LogP contribution in [0.5, 0.6) is 17.2 Å². The van der Waals surface area contributed by atoms with Gasteiger partial charge in [0.2, 0.25) is 11.7 Å². The van der Waals surface area contributed by atoms with Gasteiger partial charge in [-0.05, 0) is 35.7 Å². The highest BCUT2D eigenvalue weighted by molar-refractivity contribution is 6.01. The van der Waals surface area contributed by atoms with Crippen LogP contribution in [-0.2, 0) is 9.53 Å². The van der Waals surface area contributed by atoms with Gasteiger partial charge >= 0.3 is 0 Å². The van der Waals surface area contributed by atoms with E-state index >= 15 is 0 Å². The van der Waals surface area contributed by atoms with Gasteiger partial charge in [0, 0.05) is 25.8 Å². The summed E-state index contributed by atoms with van der Waals surface area (Å²) in [5.74, 6) is 0.486. The number of ether oxygens (including phenoxy) is 4. The van der Waals surface area contributed by atoms with E-state index < -0.39 is 12.0 Å². The SMILES string of the molecule is CCCN1C(=O)c2ccccc2[C@H](C(=O)NCCOC)[C@H]1c1cc(OC)c(OC)c(OC)c1. The van der Waals surface area contributed by atoms with Crippen molar-refractivity contribution in [1.82, 2.24) is 10.2 Å². The van der Waals surface area contributed by atoms with Gasteiger partial charge in [0.1, 0.15) is 0 Å². The highest BCUT2D eigenvalue weighted by Crippen LogP contribution is 2.47. The largest absolute Gasteiger partial charge is 0.493 e. The molecule has 2 amide bonds. The van der Waals surface area contributed by atoms with Gasteiger partial charge in [-0.2, -0.15) is 0 Å². The van der Waals surface area contributed by atoms with Crippen LogP contribution in [0, 0.1) is 0 Å². The Morgan fingerprint density at radius 2 is 1.70 bits per heavy atom. The van der Waals surface area contributed by atoms with Crippen molar-refractivity contribution in [2.24, 2.45) is 0 Å². The lowest BCUT2D eigenvalue weighted by atomic mass is 9.79. The Bertz CT molecular complexity index is 968. The number of hydrogen-bond acceptors (Lipinski definition) is 6. The van der Waals surface area contributed by atoms with Crippen LogP contribution in [0.1, 0.15) is 46.8 Å². The van der Waals surface area contributed by atoms with Crippen molar-refractivity contribution in [2.75, 3.05) is 48.1 Å². The van der Waals surface area contributed by atoms with E-state index in [-0.39, 0.29) is 11.8 Å². The highest BCUT2D eigenvalue weighted by Gasteiger charge is 2.44. The average molecular weight is 457 g/mol. The second-order valence-corrected chi connectivity index (χ2v) is 7.75. The maximum absolute atomic E-state index is 13.5. The van der Waals surface area contributed by atoms with Crippen molar-refractivity contribution in [3.63, 3.8) is 0 Å². The third kappa shape index (κ3) is 4.75. The van der Waals surface area contributed by atoms with Gasteiger partial charge in [-0.1, -0.05) is 25.1 Å². The molecule has 8 heteroatoms. The second-order valence-electron chi connectivity index (χ2n) is 7.75. The first kappa shape index (κ1) is 24.4. The molecule has 0 fully saturated rings. The first-order valence-electron chi connectivity index (χ1n) is 11.0. The van der Waals surface area contributed by atoms with E-state index in [4.69, 9.17) is 18.9 Å². The molecule has 2 aromatic rings. The van der Waals surface area contributed by atoms with Gasteiger partial charge in [0.05, 0.1) is 39.9 Å². The first-order valence-corrected chi connectivity index (χ1v) is 11.0. The molecule has 0 saturated heterocycles. The number of rotatable bonds is 10. The molecular weight excluding hydrogens is 424 g/mol. The third-order valence-electron chi connectivity index (χ3n) is 5.82. The topological polar surface area (TPSA) is 86.3 Å². The van der Waals surface area contributed by atoms with Gasteiger partial charge in [0.15, 0.2) is 11.5 Å². The smallest absolute Gasteiger partial charge is 0.254 e. The fraction of sp³-hybridized carbons (Fsp3) is 0.440. The molecule has 8 nitrogen and oxygen atoms in total. The van der Waals surface area contributed by atoms with Crippen molar-refractivity contribution in [2.45, 2.75) is 25.3 Å². The van der Waals surface area contributed by atoms with Gasteiger partial charge in [0.25, 0.3) is 5.91 Å². The molecule has 178 valence electrons. The summed E-state index contributed by atoms with van der Waals surface area (Å²) in [5, 5.41) is 2.96. The minimum atomic E-state index is -0.620. The second kappa shape index (κ2) is 11.0. The number of carbonyl (C=O) groups is 2. The van der Waals surface area contributed by atoms with Crippen LogP contribution < -0.4 is 19.5 Å². The number of fused-ring (bicyclic) bond motifs is 1. The number of methoxy groups -OCH3 is 4. The van der Waals surface area contributed by atoms with Crippen molar-refractivity contribution in [1.29, 1.82) is 0 Å². The molecule has 3 rings (SSSR count). The molecule has 0 bridgehead atoms.